The van der Waals surface area contributed by atoms with E-state index in [4.69, 9.17) is 0 Å². The Labute approximate surface area is 89.1 Å². The van der Waals surface area contributed by atoms with Gasteiger partial charge in [-0.3, -0.25) is 0 Å². The molecule has 78 valence electrons. The van der Waals surface area contributed by atoms with Crippen LogP contribution in [0.4, 0.5) is 0 Å². The van der Waals surface area contributed by atoms with Gasteiger partial charge in [0.25, 0.3) is 0 Å². The number of allylic oxidation sites excluding steroid dienone is 2. The maximum absolute atomic E-state index is 3.96. The fourth-order valence-electron chi connectivity index (χ4n) is 1.71. The van der Waals surface area contributed by atoms with Crippen LogP contribution in [0.5, 0.6) is 0 Å². The number of aromatic nitrogens is 1. The van der Waals surface area contributed by atoms with E-state index < -0.39 is 0 Å². The number of fused-ring (bicyclic) bond motifs is 1. The topological polar surface area (TPSA) is 31.1 Å². The summed E-state index contributed by atoms with van der Waals surface area (Å²) in [5.74, 6) is 0. The fourth-order valence-corrected chi connectivity index (χ4v) is 1.71. The molecule has 1 aromatic rings. The van der Waals surface area contributed by atoms with Gasteiger partial charge in [-0.2, -0.15) is 0 Å². The van der Waals surface area contributed by atoms with Crippen LogP contribution in [-0.4, -0.2) is 23.6 Å². The molecule has 1 aliphatic heterocycles. The monoisotopic (exact) mass is 201 g/mol. The number of hydrazine groups is 1. The average Bonchev–Trinajstić information content (AvgIpc) is 2.70. The smallest absolute Gasteiger partial charge is 0.0634 e. The molecule has 0 unspecified atom stereocenters. The van der Waals surface area contributed by atoms with Gasteiger partial charge in [0.1, 0.15) is 0 Å². The molecule has 0 radical (unpaired) electrons. The van der Waals surface area contributed by atoms with Crippen molar-refractivity contribution in [2.24, 2.45) is 0 Å². The van der Waals surface area contributed by atoms with E-state index in [1.165, 1.54) is 5.22 Å². The minimum atomic E-state index is 0.860. The summed E-state index contributed by atoms with van der Waals surface area (Å²) in [5, 5.41) is 4.33. The van der Waals surface area contributed by atoms with Gasteiger partial charge in [-0.15, -0.1) is 0 Å². The van der Waals surface area contributed by atoms with Gasteiger partial charge < -0.3 is 9.99 Å². The van der Waals surface area contributed by atoms with Crippen molar-refractivity contribution in [3.8, 4) is 0 Å². The standard InChI is InChI=1S/C12H15N3/c1-4-9(2)11-7-14-12-8-15(13-3)6-5-10(11)12/h4-5,7-8,13-14H,1-2,6H2,3H3. The summed E-state index contributed by atoms with van der Waals surface area (Å²) in [6.07, 6.45) is 7.98. The second kappa shape index (κ2) is 3.79. The third-order valence-corrected chi connectivity index (χ3v) is 2.61. The van der Waals surface area contributed by atoms with Gasteiger partial charge in [0.2, 0.25) is 0 Å². The molecule has 1 aromatic heterocycles. The van der Waals surface area contributed by atoms with Crippen molar-refractivity contribution in [3.63, 3.8) is 0 Å². The van der Waals surface area contributed by atoms with Gasteiger partial charge in [-0.1, -0.05) is 25.3 Å². The average molecular weight is 201 g/mol. The molecule has 3 nitrogen and oxygen atoms in total. The number of nitrogens with zero attached hydrogens (tertiary/aromatic N) is 1. The van der Waals surface area contributed by atoms with Crippen LogP contribution in [0.25, 0.3) is 17.8 Å². The summed E-state index contributed by atoms with van der Waals surface area (Å²) in [5.41, 5.74) is 5.17. The zero-order chi connectivity index (χ0) is 10.8. The van der Waals surface area contributed by atoms with E-state index >= 15 is 0 Å². The predicted molar refractivity (Wildman–Crippen MR) is 64.0 cm³/mol. The maximum Gasteiger partial charge on any atom is 0.0634 e. The first kappa shape index (κ1) is 9.80. The van der Waals surface area contributed by atoms with Crippen LogP contribution in [-0.2, 0) is 0 Å². The van der Waals surface area contributed by atoms with E-state index in [-0.39, 0.29) is 0 Å². The lowest BCUT2D eigenvalue weighted by molar-refractivity contribution is 0.369. The van der Waals surface area contributed by atoms with Gasteiger partial charge in [-0.05, 0) is 5.57 Å². The Morgan fingerprint density at radius 3 is 3.13 bits per heavy atom. The molecule has 1 aliphatic rings. The Bertz CT molecular complexity index is 507. The molecule has 0 saturated carbocycles. The minimum Gasteiger partial charge on any atom is -0.359 e. The highest BCUT2D eigenvalue weighted by Crippen LogP contribution is 2.06. The van der Waals surface area contributed by atoms with Crippen LogP contribution in [0.2, 0.25) is 0 Å². The van der Waals surface area contributed by atoms with E-state index in [1.807, 2.05) is 18.3 Å². The molecule has 0 bridgehead atoms. The second-order valence-electron chi connectivity index (χ2n) is 3.47. The minimum absolute atomic E-state index is 0.860. The summed E-state index contributed by atoms with van der Waals surface area (Å²) in [6.45, 7) is 8.56. The molecule has 2 N–H and O–H groups in total. The molecule has 3 heteroatoms. The van der Waals surface area contributed by atoms with Crippen LogP contribution in [0.15, 0.2) is 25.4 Å². The first-order chi connectivity index (χ1) is 7.26. The zero-order valence-corrected chi connectivity index (χ0v) is 8.88. The molecule has 0 amide bonds. The highest BCUT2D eigenvalue weighted by atomic mass is 15.5. The molecule has 2 rings (SSSR count). The summed E-state index contributed by atoms with van der Waals surface area (Å²) in [7, 11) is 1.90. The SMILES string of the molecule is C=CC(=C)c1c[nH]c2c1=CCN(NC)C=2. The van der Waals surface area contributed by atoms with Crippen molar-refractivity contribution in [1.29, 1.82) is 0 Å². The molecule has 0 aromatic carbocycles. The summed E-state index contributed by atoms with van der Waals surface area (Å²) >= 11 is 0. The van der Waals surface area contributed by atoms with Gasteiger partial charge in [-0.25, -0.2) is 5.43 Å². The van der Waals surface area contributed by atoms with E-state index in [0.717, 1.165) is 23.0 Å². The van der Waals surface area contributed by atoms with Crippen molar-refractivity contribution in [2.45, 2.75) is 0 Å². The van der Waals surface area contributed by atoms with Crippen molar-refractivity contribution < 1.29 is 0 Å². The molecule has 0 aliphatic carbocycles. The maximum atomic E-state index is 3.96. The third-order valence-electron chi connectivity index (χ3n) is 2.61. The normalized spacial score (nSPS) is 13.8. The van der Waals surface area contributed by atoms with Crippen LogP contribution in [0.3, 0.4) is 0 Å². The number of rotatable bonds is 3. The predicted octanol–water partition coefficient (Wildman–Crippen LogP) is 0.182. The van der Waals surface area contributed by atoms with E-state index in [1.54, 1.807) is 6.08 Å². The third kappa shape index (κ3) is 1.62. The Morgan fingerprint density at radius 2 is 2.47 bits per heavy atom. The van der Waals surface area contributed by atoms with Gasteiger partial charge in [0, 0.05) is 30.2 Å². The zero-order valence-electron chi connectivity index (χ0n) is 8.88. The molecule has 0 saturated heterocycles. The molecule has 0 atom stereocenters. The van der Waals surface area contributed by atoms with Crippen LogP contribution in [0.1, 0.15) is 5.56 Å². The van der Waals surface area contributed by atoms with Crippen LogP contribution < -0.4 is 16.0 Å². The Balaban J connectivity index is 2.55. The molecule has 0 fully saturated rings. The number of H-pyrrole nitrogens is 1. The first-order valence-corrected chi connectivity index (χ1v) is 4.91. The van der Waals surface area contributed by atoms with Gasteiger partial charge in [0.15, 0.2) is 0 Å². The lowest BCUT2D eigenvalue weighted by Gasteiger charge is -2.18. The summed E-state index contributed by atoms with van der Waals surface area (Å²) < 4.78 is 0. The molecule has 0 spiro atoms. The molecular weight excluding hydrogens is 186 g/mol. The van der Waals surface area contributed by atoms with Crippen molar-refractivity contribution in [2.75, 3.05) is 13.6 Å². The molecule has 2 heterocycles. The fraction of sp³-hybridized carbons (Fsp3) is 0.167. The quantitative estimate of drug-likeness (QED) is 0.684. The summed E-state index contributed by atoms with van der Waals surface area (Å²) in [6, 6.07) is 0. The van der Waals surface area contributed by atoms with Gasteiger partial charge >= 0.3 is 0 Å². The number of hydrogen-bond donors (Lipinski definition) is 2. The Morgan fingerprint density at radius 1 is 1.67 bits per heavy atom. The van der Waals surface area contributed by atoms with E-state index in [9.17, 15) is 0 Å². The lowest BCUT2D eigenvalue weighted by Crippen LogP contribution is -2.40. The second-order valence-corrected chi connectivity index (χ2v) is 3.47. The number of aromatic amines is 1. The molecular formula is C12H15N3. The van der Waals surface area contributed by atoms with E-state index in [2.05, 4.69) is 35.8 Å². The number of hydrogen-bond acceptors (Lipinski definition) is 2. The Kier molecular flexibility index (Phi) is 2.47. The van der Waals surface area contributed by atoms with Crippen molar-refractivity contribution in [3.05, 3.63) is 41.6 Å². The first-order valence-electron chi connectivity index (χ1n) is 4.91. The summed E-state index contributed by atoms with van der Waals surface area (Å²) in [4.78, 5) is 3.23. The largest absolute Gasteiger partial charge is 0.359 e. The highest BCUT2D eigenvalue weighted by molar-refractivity contribution is 5.72. The van der Waals surface area contributed by atoms with Crippen LogP contribution in [0, 0.1) is 0 Å². The lowest BCUT2D eigenvalue weighted by atomic mass is 10.1. The van der Waals surface area contributed by atoms with Crippen LogP contribution >= 0.6 is 0 Å². The van der Waals surface area contributed by atoms with E-state index in [0.29, 0.717) is 0 Å². The van der Waals surface area contributed by atoms with Crippen molar-refractivity contribution >= 4 is 17.8 Å². The van der Waals surface area contributed by atoms with Gasteiger partial charge in [0.05, 0.1) is 11.9 Å². The highest BCUT2D eigenvalue weighted by Gasteiger charge is 2.06. The number of nitrogens with one attached hydrogen (secondary N) is 2. The molecule has 15 heavy (non-hydrogen) atoms. The van der Waals surface area contributed by atoms with Crippen molar-refractivity contribution in [1.82, 2.24) is 15.4 Å². The Hall–Kier alpha value is -1.74.